The van der Waals surface area contributed by atoms with E-state index in [4.69, 9.17) is 0 Å². The molecule has 0 aromatic heterocycles. The minimum Gasteiger partial charge on any atom is -0.508 e. The molecule has 0 bridgehead atoms. The highest BCUT2D eigenvalue weighted by Gasteiger charge is 2.46. The maximum atomic E-state index is 12.3. The lowest BCUT2D eigenvalue weighted by Crippen LogP contribution is -2.31. The molecule has 12 rings (SSSR count). The molecule has 0 atom stereocenters. The molecule has 6 nitrogen and oxygen atoms in total. The zero-order chi connectivity index (χ0) is 61.5. The van der Waals surface area contributed by atoms with Gasteiger partial charge in [-0.05, 0) is 157 Å². The summed E-state index contributed by atoms with van der Waals surface area (Å²) in [7, 11) is 6.24. The van der Waals surface area contributed by atoms with Crippen LogP contribution < -0.4 is 5.32 Å². The zero-order valence-corrected chi connectivity index (χ0v) is 53.3. The van der Waals surface area contributed by atoms with Crippen molar-refractivity contribution in [2.45, 2.75) is 122 Å². The molecule has 9 aromatic rings. The molecule has 442 valence electrons. The van der Waals surface area contributed by atoms with Crippen LogP contribution in [0.5, 0.6) is 17.2 Å². The van der Waals surface area contributed by atoms with E-state index in [2.05, 4.69) is 281 Å². The van der Waals surface area contributed by atoms with Crippen molar-refractivity contribution in [3.63, 3.8) is 0 Å². The quantitative estimate of drug-likeness (QED) is 0.0681. The van der Waals surface area contributed by atoms with E-state index in [0.717, 1.165) is 59.4 Å². The third-order valence-corrected chi connectivity index (χ3v) is 19.0. The van der Waals surface area contributed by atoms with Crippen molar-refractivity contribution in [2.24, 2.45) is 0 Å². The van der Waals surface area contributed by atoms with Gasteiger partial charge in [-0.15, -0.1) is 0 Å². The topological polar surface area (TPSA) is 79.2 Å². The predicted molar refractivity (Wildman–Crippen MR) is 360 cm³/mol. The number of fused-ring (bicyclic) bond motifs is 9. The summed E-state index contributed by atoms with van der Waals surface area (Å²) in [6, 6.07) is 66.5. The first-order valence-corrected chi connectivity index (χ1v) is 30.9. The lowest BCUT2D eigenvalue weighted by Gasteiger charge is -2.33. The van der Waals surface area contributed by atoms with Gasteiger partial charge in [0.2, 0.25) is 0 Å². The number of aromatic hydroxyl groups is 3. The Labute approximate surface area is 514 Å². The van der Waals surface area contributed by atoms with Crippen LogP contribution in [0.3, 0.4) is 0 Å². The van der Waals surface area contributed by atoms with Crippen molar-refractivity contribution in [1.29, 1.82) is 0 Å². The maximum Gasteiger partial charge on any atom is 0.124 e. The standard InChI is InChI=1S/C54H60N2O2.C21H18O.C5H12N/c1-51(2,3)37-29-35(49(57)47(31-37)53(7)43-23-15-11-19-39(43)40-20-12-16-24-44(40)53)33-55(9)27-28-56(10)34-36-30-38(52(4,5)6)32-48(50(36)58)54(8)45-25-17-13-21-41(45)42-22-14-18-26-46(42)54;1-14-11-12-20(22)19(13-14)21(2)17-9-5-3-7-15(17)16-8-4-6-10-18(16)21;1-3-4-5-6-2/h11-26,29-32,57-58H,27-28,33-34H2,1-10H3;3-13,22H,1-2H3;6H,1,3-5H2,2H3/q;;+1. The molecule has 9 aromatic carbocycles. The molecule has 0 spiro atoms. The van der Waals surface area contributed by atoms with Crippen LogP contribution in [0.4, 0.5) is 0 Å². The van der Waals surface area contributed by atoms with Crippen LogP contribution in [0.15, 0.2) is 188 Å². The van der Waals surface area contributed by atoms with E-state index < -0.39 is 10.8 Å². The van der Waals surface area contributed by atoms with Crippen LogP contribution in [-0.2, 0) is 40.2 Å². The second kappa shape index (κ2) is 24.1. The summed E-state index contributed by atoms with van der Waals surface area (Å²) < 4.78 is 0. The Kier molecular flexibility index (Phi) is 17.2. The number of nitrogens with zero attached hydrogens (tertiary/aromatic N) is 2. The Balaban J connectivity index is 0.000000240. The number of nitrogens with one attached hydrogen (secondary N) is 1. The molecule has 4 N–H and O–H groups in total. The fourth-order valence-corrected chi connectivity index (χ4v) is 13.9. The molecule has 0 amide bonds. The van der Waals surface area contributed by atoms with Crippen LogP contribution in [0.25, 0.3) is 33.4 Å². The van der Waals surface area contributed by atoms with Crippen molar-refractivity contribution in [3.05, 3.63) is 273 Å². The number of aryl methyl sites for hydroxylation is 1. The van der Waals surface area contributed by atoms with E-state index in [1.54, 1.807) is 6.07 Å². The second-order valence-corrected chi connectivity index (χ2v) is 27.0. The predicted octanol–water partition coefficient (Wildman–Crippen LogP) is 17.8. The molecule has 0 radical (unpaired) electrons. The first-order valence-electron chi connectivity index (χ1n) is 30.9. The highest BCUT2D eigenvalue weighted by Crippen LogP contribution is 2.58. The molecular formula is C80H90N3O3+. The van der Waals surface area contributed by atoms with Gasteiger partial charge in [0.25, 0.3) is 0 Å². The minimum absolute atomic E-state index is 0.105. The van der Waals surface area contributed by atoms with Gasteiger partial charge in [0.15, 0.2) is 0 Å². The number of likely N-dealkylation sites (N-methyl/N-ethyl adjacent to an activating group) is 2. The highest BCUT2D eigenvalue weighted by molar-refractivity contribution is 5.86. The van der Waals surface area contributed by atoms with Crippen LogP contribution in [-0.4, -0.2) is 65.9 Å². The maximum absolute atomic E-state index is 12.3. The summed E-state index contributed by atoms with van der Waals surface area (Å²) >= 11 is 0. The third-order valence-electron chi connectivity index (χ3n) is 19.0. The monoisotopic (exact) mass is 1140 g/mol. The number of phenolic OH excluding ortho intramolecular Hbond substituents is 3. The molecule has 3 aliphatic rings. The van der Waals surface area contributed by atoms with Crippen LogP contribution in [0, 0.1) is 13.8 Å². The Morgan fingerprint density at radius 2 is 0.721 bits per heavy atom. The fraction of sp³-hybridized carbons (Fsp3) is 0.312. The molecule has 0 aliphatic heterocycles. The summed E-state index contributed by atoms with van der Waals surface area (Å²) in [6.45, 7) is 30.0. The molecule has 0 saturated heterocycles. The summed E-state index contributed by atoms with van der Waals surface area (Å²) in [5, 5.41) is 38.1. The van der Waals surface area contributed by atoms with E-state index in [9.17, 15) is 15.3 Å². The molecule has 0 unspecified atom stereocenters. The normalized spacial score (nSPS) is 14.5. The van der Waals surface area contributed by atoms with Crippen molar-refractivity contribution >= 4 is 0 Å². The average molecular weight is 1140 g/mol. The zero-order valence-electron chi connectivity index (χ0n) is 53.3. The van der Waals surface area contributed by atoms with Gasteiger partial charge in [0.1, 0.15) is 17.2 Å². The Morgan fingerprint density at radius 3 is 1.00 bits per heavy atom. The molecule has 3 aliphatic carbocycles. The Bertz CT molecular complexity index is 3610. The van der Waals surface area contributed by atoms with Crippen LogP contribution in [0.1, 0.15) is 153 Å². The Hall–Kier alpha value is -7.87. The molecule has 6 heteroatoms. The SMILES string of the molecule is CN(CCN(C)Cc1cc(C(C)(C)C)cc(C2(C)c3ccccc3-c3ccccc32)c1O)Cc1cc(C(C)(C)C)cc(C2(C)c3ccccc3-c3ccccc32)c1O.Cc1ccc(O)c(C2(C)c3ccccc3-c3ccccc32)c1.[CH2+]CCCNC. The molecule has 0 heterocycles. The van der Waals surface area contributed by atoms with Gasteiger partial charge < -0.3 is 30.4 Å². The molecule has 86 heavy (non-hydrogen) atoms. The van der Waals surface area contributed by atoms with E-state index in [1.807, 2.05) is 13.1 Å². The van der Waals surface area contributed by atoms with E-state index >= 15 is 0 Å². The van der Waals surface area contributed by atoms with Crippen LogP contribution in [0.2, 0.25) is 0 Å². The smallest absolute Gasteiger partial charge is 0.124 e. The van der Waals surface area contributed by atoms with Gasteiger partial charge >= 0.3 is 0 Å². The minimum atomic E-state index is -0.492. The van der Waals surface area contributed by atoms with E-state index in [0.29, 0.717) is 30.3 Å². The lowest BCUT2D eigenvalue weighted by atomic mass is 9.71. The van der Waals surface area contributed by atoms with Crippen molar-refractivity contribution in [1.82, 2.24) is 15.1 Å². The summed E-state index contributed by atoms with van der Waals surface area (Å²) in [5.74, 6) is 1.11. The van der Waals surface area contributed by atoms with Crippen molar-refractivity contribution < 1.29 is 15.3 Å². The molecular weight excluding hydrogens is 1050 g/mol. The lowest BCUT2D eigenvalue weighted by molar-refractivity contribution is 0.243. The number of hydrogen-bond donors (Lipinski definition) is 4. The van der Waals surface area contributed by atoms with E-state index in [-0.39, 0.29) is 16.2 Å². The van der Waals surface area contributed by atoms with Gasteiger partial charge in [-0.3, -0.25) is 0 Å². The van der Waals surface area contributed by atoms with Gasteiger partial charge in [-0.25, -0.2) is 0 Å². The summed E-state index contributed by atoms with van der Waals surface area (Å²) in [5.41, 5.74) is 21.8. The summed E-state index contributed by atoms with van der Waals surface area (Å²) in [4.78, 5) is 4.62. The van der Waals surface area contributed by atoms with Gasteiger partial charge in [-0.2, -0.15) is 0 Å². The van der Waals surface area contributed by atoms with Gasteiger partial charge in [0, 0.05) is 70.2 Å². The summed E-state index contributed by atoms with van der Waals surface area (Å²) in [6.07, 6.45) is 2.23. The second-order valence-electron chi connectivity index (χ2n) is 27.0. The van der Waals surface area contributed by atoms with Gasteiger partial charge in [0.05, 0.1) is 13.3 Å². The van der Waals surface area contributed by atoms with Crippen molar-refractivity contribution in [3.8, 4) is 50.6 Å². The van der Waals surface area contributed by atoms with Gasteiger partial charge in [-0.1, -0.05) is 229 Å². The largest absolute Gasteiger partial charge is 0.508 e. The number of rotatable bonds is 13. The molecule has 0 fully saturated rings. The number of unbranched alkanes of at least 4 members (excludes halogenated alkanes) is 1. The third kappa shape index (κ3) is 11.1. The van der Waals surface area contributed by atoms with Crippen LogP contribution >= 0.6 is 0 Å². The van der Waals surface area contributed by atoms with E-state index in [1.165, 1.54) is 84.3 Å². The first kappa shape index (κ1) is 61.2. The van der Waals surface area contributed by atoms with Crippen molar-refractivity contribution in [2.75, 3.05) is 40.8 Å². The Morgan fingerprint density at radius 1 is 0.419 bits per heavy atom. The number of phenols is 3. The average Bonchev–Trinajstić information content (AvgIpc) is 1.63. The number of benzene rings is 9. The fourth-order valence-electron chi connectivity index (χ4n) is 13.9. The highest BCUT2D eigenvalue weighted by atomic mass is 16.3. The first-order chi connectivity index (χ1) is 41.0. The molecule has 0 saturated carbocycles. The number of hydrogen-bond acceptors (Lipinski definition) is 6.